The number of anilines is 1. The van der Waals surface area contributed by atoms with E-state index in [1.54, 1.807) is 6.20 Å². The number of rotatable bonds is 3. The van der Waals surface area contributed by atoms with Crippen LogP contribution in [-0.2, 0) is 4.74 Å². The number of pyridine rings is 1. The Balaban J connectivity index is 2.16. The van der Waals surface area contributed by atoms with Gasteiger partial charge in [0.15, 0.2) is 0 Å². The molecule has 1 amide bonds. The molecule has 0 atom stereocenters. The van der Waals surface area contributed by atoms with Crippen molar-refractivity contribution >= 4 is 11.7 Å². The van der Waals surface area contributed by atoms with Crippen LogP contribution >= 0.6 is 0 Å². The molecule has 1 saturated heterocycles. The van der Waals surface area contributed by atoms with Crippen molar-refractivity contribution in [2.75, 3.05) is 24.5 Å². The topological polar surface area (TPSA) is 54.5 Å². The molecule has 5 heteroatoms. The summed E-state index contributed by atoms with van der Waals surface area (Å²) in [5.41, 5.74) is 0.149. The van der Waals surface area contributed by atoms with Crippen molar-refractivity contribution in [3.8, 4) is 0 Å². The fourth-order valence-corrected chi connectivity index (χ4v) is 2.92. The van der Waals surface area contributed by atoms with Crippen LogP contribution in [0.2, 0.25) is 0 Å². The lowest BCUT2D eigenvalue weighted by molar-refractivity contribution is -0.133. The van der Waals surface area contributed by atoms with E-state index in [1.807, 2.05) is 19.1 Å². The number of carbonyl (C=O) groups excluding carboxylic acids is 1. The van der Waals surface area contributed by atoms with Gasteiger partial charge >= 0.3 is 0 Å². The number of aromatic nitrogens is 1. The highest BCUT2D eigenvalue weighted by molar-refractivity contribution is 5.94. The minimum Gasteiger partial charge on any atom is -0.366 e. The summed E-state index contributed by atoms with van der Waals surface area (Å²) in [7, 11) is 0. The monoisotopic (exact) mass is 291 g/mol. The minimum absolute atomic E-state index is 0.0841. The SMILES string of the molecule is CCNC(=O)c1ccc(N2CC(C)(C)OC(C)(C)C2)nc1. The minimum atomic E-state index is -0.221. The molecule has 0 unspecified atom stereocenters. The second kappa shape index (κ2) is 5.64. The first-order valence-electron chi connectivity index (χ1n) is 7.42. The third kappa shape index (κ3) is 3.94. The Kier molecular flexibility index (Phi) is 4.23. The second-order valence-electron chi connectivity index (χ2n) is 6.74. The molecule has 1 N–H and O–H groups in total. The third-order valence-electron chi connectivity index (χ3n) is 3.37. The third-order valence-corrected chi connectivity index (χ3v) is 3.37. The Bertz CT molecular complexity index is 493. The smallest absolute Gasteiger partial charge is 0.252 e. The highest BCUT2D eigenvalue weighted by Crippen LogP contribution is 2.30. The summed E-state index contributed by atoms with van der Waals surface area (Å²) >= 11 is 0. The van der Waals surface area contributed by atoms with Crippen LogP contribution in [0.4, 0.5) is 5.82 Å². The Morgan fingerprint density at radius 3 is 2.38 bits per heavy atom. The van der Waals surface area contributed by atoms with Crippen LogP contribution in [0.15, 0.2) is 18.3 Å². The molecule has 1 aliphatic rings. The highest BCUT2D eigenvalue weighted by atomic mass is 16.5. The molecular formula is C16H25N3O2. The van der Waals surface area contributed by atoms with Crippen molar-refractivity contribution in [2.45, 2.75) is 45.8 Å². The van der Waals surface area contributed by atoms with Gasteiger partial charge in [-0.15, -0.1) is 0 Å². The summed E-state index contributed by atoms with van der Waals surface area (Å²) in [4.78, 5) is 18.4. The van der Waals surface area contributed by atoms with Gasteiger partial charge in [0.25, 0.3) is 5.91 Å². The van der Waals surface area contributed by atoms with Crippen LogP contribution in [0.1, 0.15) is 45.0 Å². The standard InChI is InChI=1S/C16H25N3O2/c1-6-17-14(20)12-7-8-13(18-9-12)19-10-15(2,3)21-16(4,5)11-19/h7-9H,6,10-11H2,1-5H3,(H,17,20). The first-order valence-corrected chi connectivity index (χ1v) is 7.42. The van der Waals surface area contributed by atoms with E-state index in [1.165, 1.54) is 0 Å². The van der Waals surface area contributed by atoms with E-state index in [-0.39, 0.29) is 17.1 Å². The fourth-order valence-electron chi connectivity index (χ4n) is 2.92. The number of hydrogen-bond acceptors (Lipinski definition) is 4. The first-order chi connectivity index (χ1) is 9.72. The number of morpholine rings is 1. The van der Waals surface area contributed by atoms with Crippen molar-refractivity contribution in [3.05, 3.63) is 23.9 Å². The zero-order valence-electron chi connectivity index (χ0n) is 13.6. The maximum atomic E-state index is 11.8. The molecule has 0 saturated carbocycles. The number of carbonyl (C=O) groups is 1. The molecule has 0 aromatic carbocycles. The second-order valence-corrected chi connectivity index (χ2v) is 6.74. The zero-order chi connectivity index (χ0) is 15.7. The Labute approximate surface area is 126 Å². The van der Waals surface area contributed by atoms with Gasteiger partial charge in [-0.3, -0.25) is 4.79 Å². The lowest BCUT2D eigenvalue weighted by Gasteiger charge is -2.47. The van der Waals surface area contributed by atoms with Crippen LogP contribution < -0.4 is 10.2 Å². The van der Waals surface area contributed by atoms with Crippen molar-refractivity contribution in [2.24, 2.45) is 0 Å². The quantitative estimate of drug-likeness (QED) is 0.928. The van der Waals surface area contributed by atoms with Gasteiger partial charge in [0.05, 0.1) is 16.8 Å². The summed E-state index contributed by atoms with van der Waals surface area (Å²) in [5.74, 6) is 0.798. The maximum Gasteiger partial charge on any atom is 0.252 e. The van der Waals surface area contributed by atoms with Crippen LogP contribution in [0.5, 0.6) is 0 Å². The molecule has 1 aromatic heterocycles. The molecule has 2 heterocycles. The van der Waals surface area contributed by atoms with Crippen LogP contribution in [-0.4, -0.2) is 41.7 Å². The largest absolute Gasteiger partial charge is 0.366 e. The van der Waals surface area contributed by atoms with E-state index < -0.39 is 0 Å². The van der Waals surface area contributed by atoms with Crippen LogP contribution in [0, 0.1) is 0 Å². The molecule has 0 aliphatic carbocycles. The van der Waals surface area contributed by atoms with Gasteiger partial charge < -0.3 is 15.0 Å². The van der Waals surface area contributed by atoms with Crippen LogP contribution in [0.3, 0.4) is 0 Å². The van der Waals surface area contributed by atoms with Crippen molar-refractivity contribution in [1.29, 1.82) is 0 Å². The van der Waals surface area contributed by atoms with E-state index in [9.17, 15) is 4.79 Å². The Hall–Kier alpha value is -1.62. The predicted octanol–water partition coefficient (Wildman–Crippen LogP) is 2.23. The van der Waals surface area contributed by atoms with E-state index in [4.69, 9.17) is 4.74 Å². The van der Waals surface area contributed by atoms with Gasteiger partial charge in [-0.25, -0.2) is 4.98 Å². The van der Waals surface area contributed by atoms with Gasteiger partial charge in [0.1, 0.15) is 5.82 Å². The fraction of sp³-hybridized carbons (Fsp3) is 0.625. The maximum absolute atomic E-state index is 11.8. The molecular weight excluding hydrogens is 266 g/mol. The molecule has 21 heavy (non-hydrogen) atoms. The van der Waals surface area contributed by atoms with E-state index >= 15 is 0 Å². The summed E-state index contributed by atoms with van der Waals surface area (Å²) in [6.07, 6.45) is 1.63. The number of hydrogen-bond donors (Lipinski definition) is 1. The van der Waals surface area contributed by atoms with E-state index in [2.05, 4.69) is 42.9 Å². The average molecular weight is 291 g/mol. The summed E-state index contributed by atoms with van der Waals surface area (Å²) < 4.78 is 6.07. The molecule has 0 spiro atoms. The molecule has 2 rings (SSSR count). The summed E-state index contributed by atoms with van der Waals surface area (Å²) in [5, 5.41) is 2.77. The van der Waals surface area contributed by atoms with Crippen molar-refractivity contribution < 1.29 is 9.53 Å². The Morgan fingerprint density at radius 1 is 1.29 bits per heavy atom. The average Bonchev–Trinajstić information content (AvgIpc) is 2.35. The normalized spacial score (nSPS) is 20.1. The summed E-state index contributed by atoms with van der Waals surface area (Å²) in [6.45, 7) is 12.4. The van der Waals surface area contributed by atoms with Gasteiger partial charge in [-0.1, -0.05) is 0 Å². The van der Waals surface area contributed by atoms with Crippen molar-refractivity contribution in [1.82, 2.24) is 10.3 Å². The van der Waals surface area contributed by atoms with Crippen molar-refractivity contribution in [3.63, 3.8) is 0 Å². The lowest BCUT2D eigenvalue weighted by Crippen LogP contribution is -2.57. The molecule has 5 nitrogen and oxygen atoms in total. The first kappa shape index (κ1) is 15.8. The Morgan fingerprint density at radius 2 is 1.90 bits per heavy atom. The number of nitrogens with one attached hydrogen (secondary N) is 1. The van der Waals surface area contributed by atoms with Crippen LogP contribution in [0.25, 0.3) is 0 Å². The number of nitrogens with zero attached hydrogens (tertiary/aromatic N) is 2. The van der Waals surface area contributed by atoms with E-state index in [0.29, 0.717) is 12.1 Å². The molecule has 116 valence electrons. The molecule has 1 aromatic rings. The number of amides is 1. The zero-order valence-corrected chi connectivity index (χ0v) is 13.6. The van der Waals surface area contributed by atoms with Gasteiger partial charge in [0, 0.05) is 25.8 Å². The highest BCUT2D eigenvalue weighted by Gasteiger charge is 2.38. The van der Waals surface area contributed by atoms with E-state index in [0.717, 1.165) is 18.9 Å². The van der Waals surface area contributed by atoms with Gasteiger partial charge in [0.2, 0.25) is 0 Å². The summed E-state index contributed by atoms with van der Waals surface area (Å²) in [6, 6.07) is 3.73. The number of ether oxygens (including phenoxy) is 1. The molecule has 0 radical (unpaired) electrons. The van der Waals surface area contributed by atoms with Gasteiger partial charge in [-0.05, 0) is 46.8 Å². The molecule has 1 aliphatic heterocycles. The van der Waals surface area contributed by atoms with Gasteiger partial charge in [-0.2, -0.15) is 0 Å². The lowest BCUT2D eigenvalue weighted by atomic mass is 9.99. The molecule has 1 fully saturated rings. The predicted molar refractivity (Wildman–Crippen MR) is 83.7 cm³/mol. The molecule has 0 bridgehead atoms.